The average molecular weight is 456 g/mol. The average Bonchev–Trinajstić information content (AvgIpc) is 2.55. The van der Waals surface area contributed by atoms with Gasteiger partial charge >= 0.3 is 17.9 Å². The van der Waals surface area contributed by atoms with Gasteiger partial charge in [0, 0.05) is 26.2 Å². The highest BCUT2D eigenvalue weighted by Gasteiger charge is 2.50. The fourth-order valence-corrected chi connectivity index (χ4v) is 7.58. The van der Waals surface area contributed by atoms with Crippen LogP contribution in [0.1, 0.15) is 34.6 Å². The van der Waals surface area contributed by atoms with Crippen LogP contribution in [0.3, 0.4) is 0 Å². The van der Waals surface area contributed by atoms with Gasteiger partial charge in [-0.1, -0.05) is 13.8 Å². The lowest BCUT2D eigenvalue weighted by Gasteiger charge is -2.42. The van der Waals surface area contributed by atoms with Gasteiger partial charge in [-0.2, -0.15) is 0 Å². The summed E-state index contributed by atoms with van der Waals surface area (Å²) in [5.41, 5.74) is -3.74. The minimum absolute atomic E-state index is 0.0617. The molecule has 28 heavy (non-hydrogen) atoms. The van der Waals surface area contributed by atoms with Crippen molar-refractivity contribution in [3.05, 3.63) is 0 Å². The molecule has 4 atom stereocenters. The van der Waals surface area contributed by atoms with E-state index in [-0.39, 0.29) is 12.0 Å². The molecule has 9 nitrogen and oxygen atoms in total. The van der Waals surface area contributed by atoms with Crippen LogP contribution in [-0.4, -0.2) is 61.5 Å². The van der Waals surface area contributed by atoms with E-state index in [9.17, 15) is 14.4 Å². The summed E-state index contributed by atoms with van der Waals surface area (Å²) >= 11 is 6.64. The van der Waals surface area contributed by atoms with Gasteiger partial charge in [0.1, 0.15) is 0 Å². The molecule has 0 unspecified atom stereocenters. The number of hydrogen-bond acceptors (Lipinski definition) is 11. The number of hydrogen-bond donors (Lipinski definition) is 0. The lowest BCUT2D eigenvalue weighted by atomic mass is 9.97. The van der Waals surface area contributed by atoms with Gasteiger partial charge in [-0.3, -0.25) is 14.4 Å². The van der Waals surface area contributed by atoms with Gasteiger partial charge in [-0.25, -0.2) is 0 Å². The highest BCUT2D eigenvalue weighted by molar-refractivity contribution is 8.68. The Kier molecular flexibility index (Phi) is 7.91. The maximum atomic E-state index is 11.7. The van der Waals surface area contributed by atoms with Crippen molar-refractivity contribution in [1.29, 1.82) is 0 Å². The van der Waals surface area contributed by atoms with Gasteiger partial charge in [0.15, 0.2) is 23.7 Å². The van der Waals surface area contributed by atoms with Crippen LogP contribution >= 0.6 is 17.1 Å². The van der Waals surface area contributed by atoms with Crippen molar-refractivity contribution >= 4 is 46.8 Å². The molecule has 2 rings (SSSR count). The molecule has 2 fully saturated rings. The molecule has 0 aromatic rings. The Hall–Kier alpha value is -0.710. The third-order valence-corrected chi connectivity index (χ3v) is 8.96. The summed E-state index contributed by atoms with van der Waals surface area (Å²) < 4.78 is 33.2. The minimum Gasteiger partial charge on any atom is -0.456 e. The van der Waals surface area contributed by atoms with E-state index in [0.29, 0.717) is 13.2 Å². The Morgan fingerprint density at radius 3 is 1.96 bits per heavy atom. The molecule has 0 spiro atoms. The van der Waals surface area contributed by atoms with Crippen LogP contribution in [-0.2, 0) is 54.2 Å². The van der Waals surface area contributed by atoms with Gasteiger partial charge in [0.05, 0.1) is 19.8 Å². The summed E-state index contributed by atoms with van der Waals surface area (Å²) in [4.78, 5) is 34.7. The van der Waals surface area contributed by atoms with E-state index < -0.39 is 47.3 Å². The molecular formula is C16H25O9PS2. The molecule has 0 radical (unpaired) electrons. The predicted octanol–water partition coefficient (Wildman–Crippen LogP) is 2.17. The van der Waals surface area contributed by atoms with Crippen LogP contribution in [0.2, 0.25) is 0 Å². The van der Waals surface area contributed by atoms with Crippen LogP contribution in [0.15, 0.2) is 0 Å². The highest BCUT2D eigenvalue weighted by Crippen LogP contribution is 2.66. The zero-order chi connectivity index (χ0) is 21.1. The molecule has 160 valence electrons. The molecule has 0 aromatic heterocycles. The van der Waals surface area contributed by atoms with Gasteiger partial charge < -0.3 is 28.0 Å². The molecule has 0 N–H and O–H groups in total. The first-order chi connectivity index (χ1) is 12.9. The first-order valence-electron chi connectivity index (χ1n) is 8.61. The Morgan fingerprint density at radius 2 is 1.46 bits per heavy atom. The van der Waals surface area contributed by atoms with Crippen LogP contribution in [0, 0.1) is 5.41 Å². The van der Waals surface area contributed by atoms with E-state index in [0.717, 1.165) is 11.4 Å². The smallest absolute Gasteiger partial charge is 0.303 e. The molecule has 0 amide bonds. The lowest BCUT2D eigenvalue weighted by Crippen LogP contribution is -2.56. The van der Waals surface area contributed by atoms with E-state index in [1.54, 1.807) is 0 Å². The molecule has 0 saturated carbocycles. The maximum Gasteiger partial charge on any atom is 0.303 e. The monoisotopic (exact) mass is 456 g/mol. The molecule has 2 heterocycles. The number of carbonyl (C=O) groups is 3. The molecule has 2 saturated heterocycles. The molecule has 0 bridgehead atoms. The van der Waals surface area contributed by atoms with Crippen LogP contribution < -0.4 is 0 Å². The first kappa shape index (κ1) is 23.6. The SMILES string of the molecule is CC(=O)O[C@@H]1[C@@H](OC(C)=O)[C@H](SP2(=S)OCC(C)(C)CO2)OC[C@H]1OC(C)=O. The van der Waals surface area contributed by atoms with Crippen molar-refractivity contribution in [2.75, 3.05) is 19.8 Å². The van der Waals surface area contributed by atoms with Gasteiger partial charge in [0.2, 0.25) is 5.69 Å². The van der Waals surface area contributed by atoms with Crippen LogP contribution in [0.25, 0.3) is 0 Å². The lowest BCUT2D eigenvalue weighted by molar-refractivity contribution is -0.213. The van der Waals surface area contributed by atoms with Crippen molar-refractivity contribution in [3.63, 3.8) is 0 Å². The Morgan fingerprint density at radius 1 is 0.964 bits per heavy atom. The third kappa shape index (κ3) is 6.67. The molecular weight excluding hydrogens is 431 g/mol. The molecule has 12 heteroatoms. The van der Waals surface area contributed by atoms with E-state index >= 15 is 0 Å². The number of esters is 3. The zero-order valence-corrected chi connectivity index (χ0v) is 18.9. The van der Waals surface area contributed by atoms with Crippen molar-refractivity contribution in [3.8, 4) is 0 Å². The summed E-state index contributed by atoms with van der Waals surface area (Å²) in [6, 6.07) is 0. The number of ether oxygens (including phenoxy) is 4. The Labute approximate surface area is 173 Å². The number of rotatable bonds is 5. The zero-order valence-electron chi connectivity index (χ0n) is 16.4. The van der Waals surface area contributed by atoms with Crippen LogP contribution in [0.4, 0.5) is 0 Å². The summed E-state index contributed by atoms with van der Waals surface area (Å²) in [5.74, 6) is -1.80. The molecule has 0 aromatic carbocycles. The quantitative estimate of drug-likeness (QED) is 0.345. The van der Waals surface area contributed by atoms with Gasteiger partial charge in [-0.15, -0.1) is 0 Å². The third-order valence-electron chi connectivity index (χ3n) is 3.76. The second kappa shape index (κ2) is 9.40. The van der Waals surface area contributed by atoms with Crippen LogP contribution in [0.5, 0.6) is 0 Å². The highest BCUT2D eigenvalue weighted by atomic mass is 32.9. The predicted molar refractivity (Wildman–Crippen MR) is 104 cm³/mol. The fourth-order valence-electron chi connectivity index (χ4n) is 2.57. The summed E-state index contributed by atoms with van der Waals surface area (Å²) in [5, 5.41) is 0. The summed E-state index contributed by atoms with van der Waals surface area (Å²) in [6.07, 6.45) is -3.01. The number of carbonyl (C=O) groups excluding carboxylic acids is 3. The van der Waals surface area contributed by atoms with Crippen molar-refractivity contribution in [2.45, 2.75) is 58.4 Å². The van der Waals surface area contributed by atoms with E-state index in [1.807, 2.05) is 13.8 Å². The van der Waals surface area contributed by atoms with E-state index in [1.165, 1.54) is 20.8 Å². The van der Waals surface area contributed by atoms with Gasteiger partial charge in [0.25, 0.3) is 0 Å². The van der Waals surface area contributed by atoms with E-state index in [4.69, 9.17) is 39.8 Å². The molecule has 2 aliphatic rings. The minimum atomic E-state index is -2.77. The topological polar surface area (TPSA) is 107 Å². The first-order valence-corrected chi connectivity index (χ1v) is 12.7. The summed E-state index contributed by atoms with van der Waals surface area (Å²) in [7, 11) is 0. The Balaban J connectivity index is 2.22. The van der Waals surface area contributed by atoms with Crippen molar-refractivity contribution in [2.24, 2.45) is 5.41 Å². The van der Waals surface area contributed by atoms with E-state index in [2.05, 4.69) is 0 Å². The summed E-state index contributed by atoms with van der Waals surface area (Å²) in [6.45, 7) is 8.43. The Bertz CT molecular complexity index is 655. The van der Waals surface area contributed by atoms with Crippen molar-refractivity contribution in [1.82, 2.24) is 0 Å². The fraction of sp³-hybridized carbons (Fsp3) is 0.812. The molecule has 2 aliphatic heterocycles. The van der Waals surface area contributed by atoms with Crippen molar-refractivity contribution < 1.29 is 42.4 Å². The second-order valence-electron chi connectivity index (χ2n) is 7.26. The normalized spacial score (nSPS) is 31.5. The standard InChI is InChI=1S/C16H25O9PS2/c1-9(17)23-12-6-20-15(14(25-11(3)19)13(12)24-10(2)18)28-26(27)21-7-16(4,5)8-22-26/h12-15H,6-8H2,1-5H3/t12-,13+,14-,15+/m1/s1. The molecule has 0 aliphatic carbocycles. The largest absolute Gasteiger partial charge is 0.456 e. The van der Waals surface area contributed by atoms with Gasteiger partial charge in [-0.05, 0) is 23.2 Å². The maximum absolute atomic E-state index is 11.7. The second-order valence-corrected chi connectivity index (χ2v) is 13.6.